The molecule has 0 saturated carbocycles. The molecule has 4 nitrogen and oxygen atoms in total. The third-order valence-corrected chi connectivity index (χ3v) is 5.35. The zero-order valence-electron chi connectivity index (χ0n) is 16.0. The molecule has 1 heterocycles. The molecule has 0 aliphatic carbocycles. The molecule has 4 heteroatoms. The maximum absolute atomic E-state index is 11.5. The number of nitrogens with zero attached hydrogens (tertiary/aromatic N) is 2. The molecule has 0 spiro atoms. The maximum atomic E-state index is 11.5. The first kappa shape index (κ1) is 17.2. The summed E-state index contributed by atoms with van der Waals surface area (Å²) in [5, 5.41) is 7.56. The number of anilines is 1. The van der Waals surface area contributed by atoms with E-state index in [0.29, 0.717) is 0 Å². The van der Waals surface area contributed by atoms with Gasteiger partial charge in [0.05, 0.1) is 11.0 Å². The van der Waals surface area contributed by atoms with Crippen LogP contribution >= 0.6 is 0 Å². The molecular formula is C25H19N3O. The van der Waals surface area contributed by atoms with Crippen LogP contribution in [0.1, 0.15) is 0 Å². The Morgan fingerprint density at radius 3 is 2.14 bits per heavy atom. The SMILES string of the molecule is C=CC(=O)Nc1ccc(-c2nc3c4ccccc4c4ccccc4c3n2C)cc1. The molecule has 1 amide bonds. The van der Waals surface area contributed by atoms with Crippen molar-refractivity contribution < 1.29 is 4.79 Å². The monoisotopic (exact) mass is 377 g/mol. The minimum Gasteiger partial charge on any atom is -0.327 e. The number of hydrogen-bond donors (Lipinski definition) is 1. The third-order valence-electron chi connectivity index (χ3n) is 5.35. The van der Waals surface area contributed by atoms with Gasteiger partial charge in [-0.3, -0.25) is 4.79 Å². The van der Waals surface area contributed by atoms with Crippen LogP contribution in [0, 0.1) is 0 Å². The highest BCUT2D eigenvalue weighted by Gasteiger charge is 2.16. The standard InChI is InChI=1S/C25H19N3O/c1-3-22(29)26-17-14-12-16(13-15-17)25-27-23-20-10-6-4-8-18(20)19-9-5-7-11-21(19)24(23)28(25)2/h3-15H,1H2,2H3,(H,26,29). The van der Waals surface area contributed by atoms with Crippen molar-refractivity contribution in [2.75, 3.05) is 5.32 Å². The van der Waals surface area contributed by atoms with Crippen LogP contribution in [0.15, 0.2) is 85.5 Å². The fourth-order valence-electron chi connectivity index (χ4n) is 4.00. The van der Waals surface area contributed by atoms with E-state index >= 15 is 0 Å². The van der Waals surface area contributed by atoms with Crippen molar-refractivity contribution in [3.05, 3.63) is 85.5 Å². The van der Waals surface area contributed by atoms with Gasteiger partial charge in [-0.25, -0.2) is 4.98 Å². The summed E-state index contributed by atoms with van der Waals surface area (Å²) in [6.45, 7) is 3.48. The summed E-state index contributed by atoms with van der Waals surface area (Å²) in [5.74, 6) is 0.668. The normalized spacial score (nSPS) is 11.2. The van der Waals surface area contributed by atoms with Crippen LogP contribution in [0.5, 0.6) is 0 Å². The van der Waals surface area contributed by atoms with Gasteiger partial charge < -0.3 is 9.88 Å². The molecular weight excluding hydrogens is 358 g/mol. The van der Waals surface area contributed by atoms with E-state index in [0.717, 1.165) is 33.5 Å². The van der Waals surface area contributed by atoms with Crippen LogP contribution in [-0.2, 0) is 11.8 Å². The Kier molecular flexibility index (Phi) is 3.91. The van der Waals surface area contributed by atoms with Crippen molar-refractivity contribution >= 4 is 44.2 Å². The molecule has 1 aromatic heterocycles. The maximum Gasteiger partial charge on any atom is 0.247 e. The minimum atomic E-state index is -0.224. The highest BCUT2D eigenvalue weighted by atomic mass is 16.1. The molecule has 0 unspecified atom stereocenters. The number of aryl methyl sites for hydroxylation is 1. The zero-order valence-corrected chi connectivity index (χ0v) is 16.0. The van der Waals surface area contributed by atoms with Crippen molar-refractivity contribution in [3.8, 4) is 11.4 Å². The molecule has 4 aromatic carbocycles. The van der Waals surface area contributed by atoms with E-state index in [-0.39, 0.29) is 5.91 Å². The lowest BCUT2D eigenvalue weighted by Crippen LogP contribution is -2.06. The number of aromatic nitrogens is 2. The number of rotatable bonds is 3. The molecule has 0 fully saturated rings. The number of carbonyl (C=O) groups is 1. The Balaban J connectivity index is 1.75. The number of benzene rings is 4. The van der Waals surface area contributed by atoms with Crippen molar-refractivity contribution in [2.45, 2.75) is 0 Å². The summed E-state index contributed by atoms with van der Waals surface area (Å²) >= 11 is 0. The van der Waals surface area contributed by atoms with Gasteiger partial charge >= 0.3 is 0 Å². The summed E-state index contributed by atoms with van der Waals surface area (Å²) in [5.41, 5.74) is 3.85. The first-order valence-corrected chi connectivity index (χ1v) is 9.47. The van der Waals surface area contributed by atoms with E-state index in [9.17, 15) is 4.79 Å². The average Bonchev–Trinajstić information content (AvgIpc) is 3.12. The predicted molar refractivity (Wildman–Crippen MR) is 120 cm³/mol. The van der Waals surface area contributed by atoms with Gasteiger partial charge in [-0.2, -0.15) is 0 Å². The Morgan fingerprint density at radius 1 is 0.897 bits per heavy atom. The van der Waals surface area contributed by atoms with Crippen molar-refractivity contribution in [1.29, 1.82) is 0 Å². The summed E-state index contributed by atoms with van der Waals surface area (Å²) in [4.78, 5) is 16.5. The van der Waals surface area contributed by atoms with Gasteiger partial charge in [0.25, 0.3) is 0 Å². The summed E-state index contributed by atoms with van der Waals surface area (Å²) in [6.07, 6.45) is 1.26. The van der Waals surface area contributed by atoms with Crippen LogP contribution in [-0.4, -0.2) is 15.5 Å². The first-order chi connectivity index (χ1) is 14.2. The lowest BCUT2D eigenvalue weighted by atomic mass is 10.00. The van der Waals surface area contributed by atoms with Gasteiger partial charge in [0, 0.05) is 29.1 Å². The van der Waals surface area contributed by atoms with Gasteiger partial charge in [-0.15, -0.1) is 0 Å². The molecule has 0 radical (unpaired) electrons. The minimum absolute atomic E-state index is 0.224. The lowest BCUT2D eigenvalue weighted by molar-refractivity contribution is -0.111. The number of amides is 1. The van der Waals surface area contributed by atoms with Crippen molar-refractivity contribution in [2.24, 2.45) is 7.05 Å². The number of hydrogen-bond acceptors (Lipinski definition) is 2. The summed E-state index contributed by atoms with van der Waals surface area (Å²) < 4.78 is 2.15. The molecule has 5 rings (SSSR count). The lowest BCUT2D eigenvalue weighted by Gasteiger charge is -2.08. The predicted octanol–water partition coefficient (Wildman–Crippen LogP) is 5.67. The number of fused-ring (bicyclic) bond motifs is 6. The van der Waals surface area contributed by atoms with Crippen LogP contribution in [0.4, 0.5) is 5.69 Å². The second-order valence-electron chi connectivity index (χ2n) is 7.05. The fourth-order valence-corrected chi connectivity index (χ4v) is 4.00. The molecule has 0 aliphatic heterocycles. The molecule has 0 atom stereocenters. The Labute approximate surface area is 168 Å². The van der Waals surface area contributed by atoms with Gasteiger partial charge in [0.15, 0.2) is 0 Å². The number of imidazole rings is 1. The van der Waals surface area contributed by atoms with Crippen LogP contribution in [0.3, 0.4) is 0 Å². The van der Waals surface area contributed by atoms with E-state index in [2.05, 4.69) is 72.0 Å². The molecule has 140 valence electrons. The summed E-state index contributed by atoms with van der Waals surface area (Å²) in [7, 11) is 2.05. The van der Waals surface area contributed by atoms with Gasteiger partial charge in [0.2, 0.25) is 5.91 Å². The van der Waals surface area contributed by atoms with E-state index in [1.165, 1.54) is 22.2 Å². The number of nitrogens with one attached hydrogen (secondary N) is 1. The topological polar surface area (TPSA) is 46.9 Å². The highest BCUT2D eigenvalue weighted by Crippen LogP contribution is 2.36. The molecule has 29 heavy (non-hydrogen) atoms. The molecule has 0 bridgehead atoms. The third kappa shape index (κ3) is 2.69. The first-order valence-electron chi connectivity index (χ1n) is 9.47. The molecule has 1 N–H and O–H groups in total. The Bertz CT molecular complexity index is 1410. The number of carbonyl (C=O) groups excluding carboxylic acids is 1. The van der Waals surface area contributed by atoms with E-state index in [1.54, 1.807) is 0 Å². The fraction of sp³-hybridized carbons (Fsp3) is 0.0400. The van der Waals surface area contributed by atoms with Crippen LogP contribution in [0.25, 0.3) is 44.0 Å². The quantitative estimate of drug-likeness (QED) is 0.325. The largest absolute Gasteiger partial charge is 0.327 e. The second kappa shape index (κ2) is 6.60. The molecule has 5 aromatic rings. The zero-order chi connectivity index (χ0) is 20.0. The van der Waals surface area contributed by atoms with E-state index < -0.39 is 0 Å². The Morgan fingerprint density at radius 2 is 1.48 bits per heavy atom. The van der Waals surface area contributed by atoms with Crippen LogP contribution in [0.2, 0.25) is 0 Å². The highest BCUT2D eigenvalue weighted by molar-refractivity contribution is 6.23. The van der Waals surface area contributed by atoms with E-state index in [1.807, 2.05) is 24.3 Å². The van der Waals surface area contributed by atoms with E-state index in [4.69, 9.17) is 4.98 Å². The van der Waals surface area contributed by atoms with Gasteiger partial charge in [-0.1, -0.05) is 55.1 Å². The summed E-state index contributed by atoms with van der Waals surface area (Å²) in [6, 6.07) is 24.6. The molecule has 0 saturated heterocycles. The van der Waals surface area contributed by atoms with Gasteiger partial charge in [-0.05, 0) is 41.1 Å². The Hall–Kier alpha value is -3.92. The van der Waals surface area contributed by atoms with Crippen LogP contribution < -0.4 is 5.32 Å². The van der Waals surface area contributed by atoms with Gasteiger partial charge in [0.1, 0.15) is 5.82 Å². The average molecular weight is 377 g/mol. The second-order valence-corrected chi connectivity index (χ2v) is 7.05. The van der Waals surface area contributed by atoms with Crippen molar-refractivity contribution in [1.82, 2.24) is 9.55 Å². The molecule has 0 aliphatic rings. The smallest absolute Gasteiger partial charge is 0.247 e. The van der Waals surface area contributed by atoms with Crippen molar-refractivity contribution in [3.63, 3.8) is 0 Å².